The molecule has 0 radical (unpaired) electrons. The minimum atomic E-state index is 0.660. The summed E-state index contributed by atoms with van der Waals surface area (Å²) in [6.45, 7) is 11.0. The lowest BCUT2D eigenvalue weighted by molar-refractivity contribution is 0.148. The van der Waals surface area contributed by atoms with Gasteiger partial charge in [0.15, 0.2) is 0 Å². The molecule has 0 saturated carbocycles. The van der Waals surface area contributed by atoms with Gasteiger partial charge in [0, 0.05) is 19.8 Å². The van der Waals surface area contributed by atoms with Crippen LogP contribution in [0.1, 0.15) is 53.4 Å². The van der Waals surface area contributed by atoms with Crippen molar-refractivity contribution < 1.29 is 4.74 Å². The molecule has 0 aliphatic carbocycles. The van der Waals surface area contributed by atoms with E-state index in [9.17, 15) is 0 Å². The molecule has 0 aromatic carbocycles. The lowest BCUT2D eigenvalue weighted by atomic mass is 9.96. The van der Waals surface area contributed by atoms with Gasteiger partial charge in [0.05, 0.1) is 0 Å². The van der Waals surface area contributed by atoms with E-state index in [1.807, 2.05) is 0 Å². The van der Waals surface area contributed by atoms with Gasteiger partial charge in [-0.3, -0.25) is 0 Å². The van der Waals surface area contributed by atoms with Gasteiger partial charge in [0.2, 0.25) is 0 Å². The van der Waals surface area contributed by atoms with Crippen molar-refractivity contribution in [3.8, 4) is 0 Å². The highest BCUT2D eigenvalue weighted by Crippen LogP contribution is 2.14. The first-order valence-corrected chi connectivity index (χ1v) is 6.82. The second kappa shape index (κ2) is 10.1. The Balaban J connectivity index is 3.77. The average molecular weight is 229 g/mol. The second-order valence-corrected chi connectivity index (χ2v) is 5.38. The van der Waals surface area contributed by atoms with E-state index < -0.39 is 0 Å². The topological polar surface area (TPSA) is 21.3 Å². The van der Waals surface area contributed by atoms with Crippen molar-refractivity contribution in [3.63, 3.8) is 0 Å². The number of methoxy groups -OCH3 is 1. The molecule has 0 fully saturated rings. The van der Waals surface area contributed by atoms with E-state index in [1.165, 1.54) is 25.7 Å². The first kappa shape index (κ1) is 15.9. The first-order chi connectivity index (χ1) is 7.60. The Kier molecular flexibility index (Phi) is 10.0. The van der Waals surface area contributed by atoms with E-state index in [0.29, 0.717) is 12.0 Å². The molecule has 2 heteroatoms. The van der Waals surface area contributed by atoms with Crippen molar-refractivity contribution in [2.75, 3.05) is 20.3 Å². The molecule has 98 valence electrons. The lowest BCUT2D eigenvalue weighted by Crippen LogP contribution is -2.31. The summed E-state index contributed by atoms with van der Waals surface area (Å²) in [5.74, 6) is 1.49. The Morgan fingerprint density at radius 2 is 1.81 bits per heavy atom. The van der Waals surface area contributed by atoms with Gasteiger partial charge in [-0.15, -0.1) is 0 Å². The molecule has 2 nitrogen and oxygen atoms in total. The van der Waals surface area contributed by atoms with Gasteiger partial charge in [0.25, 0.3) is 0 Å². The summed E-state index contributed by atoms with van der Waals surface area (Å²) in [6.07, 6.45) is 5.23. The second-order valence-electron chi connectivity index (χ2n) is 5.38. The summed E-state index contributed by atoms with van der Waals surface area (Å²) in [6, 6.07) is 0.675. The fourth-order valence-electron chi connectivity index (χ4n) is 2.20. The molecular formula is C14H31NO. The van der Waals surface area contributed by atoms with Crippen LogP contribution < -0.4 is 5.32 Å². The van der Waals surface area contributed by atoms with E-state index in [0.717, 1.165) is 19.1 Å². The van der Waals surface area contributed by atoms with Crippen molar-refractivity contribution in [2.24, 2.45) is 11.8 Å². The SMILES string of the molecule is CCNC(CCCC(C)C)CC(C)COC. The van der Waals surface area contributed by atoms with Gasteiger partial charge < -0.3 is 10.1 Å². The van der Waals surface area contributed by atoms with Crippen LogP contribution in [0.15, 0.2) is 0 Å². The predicted octanol–water partition coefficient (Wildman–Crippen LogP) is 3.46. The fourth-order valence-corrected chi connectivity index (χ4v) is 2.20. The van der Waals surface area contributed by atoms with Crippen LogP contribution in [-0.4, -0.2) is 26.3 Å². The van der Waals surface area contributed by atoms with Crippen LogP contribution in [0.4, 0.5) is 0 Å². The van der Waals surface area contributed by atoms with Crippen molar-refractivity contribution in [1.82, 2.24) is 5.32 Å². The Bertz CT molecular complexity index is 148. The van der Waals surface area contributed by atoms with Crippen molar-refractivity contribution in [3.05, 3.63) is 0 Å². The quantitative estimate of drug-likeness (QED) is 0.619. The third-order valence-corrected chi connectivity index (χ3v) is 2.96. The molecular weight excluding hydrogens is 198 g/mol. The molecule has 0 spiro atoms. The highest BCUT2D eigenvalue weighted by molar-refractivity contribution is 4.69. The Labute approximate surface area is 102 Å². The zero-order chi connectivity index (χ0) is 12.4. The lowest BCUT2D eigenvalue weighted by Gasteiger charge is -2.21. The smallest absolute Gasteiger partial charge is 0.0488 e. The van der Waals surface area contributed by atoms with Gasteiger partial charge in [0.1, 0.15) is 0 Å². The average Bonchev–Trinajstić information content (AvgIpc) is 2.17. The summed E-state index contributed by atoms with van der Waals surface area (Å²) < 4.78 is 5.20. The maximum Gasteiger partial charge on any atom is 0.0488 e. The van der Waals surface area contributed by atoms with E-state index in [1.54, 1.807) is 7.11 Å². The summed E-state index contributed by atoms with van der Waals surface area (Å²) in [7, 11) is 1.79. The zero-order valence-electron chi connectivity index (χ0n) is 11.9. The summed E-state index contributed by atoms with van der Waals surface area (Å²) in [5, 5.41) is 3.59. The molecule has 0 aliphatic rings. The molecule has 0 amide bonds. The molecule has 0 saturated heterocycles. The predicted molar refractivity (Wildman–Crippen MR) is 71.8 cm³/mol. The highest BCUT2D eigenvalue weighted by atomic mass is 16.5. The monoisotopic (exact) mass is 229 g/mol. The minimum Gasteiger partial charge on any atom is -0.384 e. The van der Waals surface area contributed by atoms with Gasteiger partial charge in [-0.25, -0.2) is 0 Å². The van der Waals surface area contributed by atoms with E-state index >= 15 is 0 Å². The Morgan fingerprint density at radius 1 is 1.12 bits per heavy atom. The third-order valence-electron chi connectivity index (χ3n) is 2.96. The van der Waals surface area contributed by atoms with Gasteiger partial charge in [-0.05, 0) is 31.2 Å². The molecule has 2 unspecified atom stereocenters. The number of nitrogens with one attached hydrogen (secondary N) is 1. The normalized spacial score (nSPS) is 15.4. The van der Waals surface area contributed by atoms with Gasteiger partial charge in [-0.1, -0.05) is 40.5 Å². The Morgan fingerprint density at radius 3 is 2.31 bits per heavy atom. The standard InChI is InChI=1S/C14H31NO/c1-6-15-14(9-7-8-12(2)3)10-13(4)11-16-5/h12-15H,6-11H2,1-5H3. The molecule has 0 heterocycles. The molecule has 0 aromatic rings. The number of hydrogen-bond acceptors (Lipinski definition) is 2. The highest BCUT2D eigenvalue weighted by Gasteiger charge is 2.12. The van der Waals surface area contributed by atoms with Crippen LogP contribution >= 0.6 is 0 Å². The summed E-state index contributed by atoms with van der Waals surface area (Å²) in [4.78, 5) is 0. The molecule has 0 aliphatic heterocycles. The maximum atomic E-state index is 5.20. The minimum absolute atomic E-state index is 0.660. The molecule has 2 atom stereocenters. The number of hydrogen-bond donors (Lipinski definition) is 1. The number of rotatable bonds is 10. The van der Waals surface area contributed by atoms with E-state index in [-0.39, 0.29) is 0 Å². The van der Waals surface area contributed by atoms with Crippen LogP contribution in [0.3, 0.4) is 0 Å². The van der Waals surface area contributed by atoms with Crippen molar-refractivity contribution in [1.29, 1.82) is 0 Å². The maximum absolute atomic E-state index is 5.20. The molecule has 0 rings (SSSR count). The third kappa shape index (κ3) is 9.17. The summed E-state index contributed by atoms with van der Waals surface area (Å²) >= 11 is 0. The van der Waals surface area contributed by atoms with Crippen LogP contribution in [0.25, 0.3) is 0 Å². The largest absolute Gasteiger partial charge is 0.384 e. The fraction of sp³-hybridized carbons (Fsp3) is 1.00. The summed E-state index contributed by atoms with van der Waals surface area (Å²) in [5.41, 5.74) is 0. The van der Waals surface area contributed by atoms with Crippen LogP contribution in [0.2, 0.25) is 0 Å². The van der Waals surface area contributed by atoms with Crippen LogP contribution in [0.5, 0.6) is 0 Å². The van der Waals surface area contributed by atoms with E-state index in [4.69, 9.17) is 4.74 Å². The molecule has 1 N–H and O–H groups in total. The van der Waals surface area contributed by atoms with Gasteiger partial charge in [-0.2, -0.15) is 0 Å². The number of ether oxygens (including phenoxy) is 1. The molecule has 16 heavy (non-hydrogen) atoms. The zero-order valence-corrected chi connectivity index (χ0v) is 11.9. The van der Waals surface area contributed by atoms with Crippen molar-refractivity contribution >= 4 is 0 Å². The Hall–Kier alpha value is -0.0800. The molecule has 0 bridgehead atoms. The molecule has 0 aromatic heterocycles. The first-order valence-electron chi connectivity index (χ1n) is 6.82. The van der Waals surface area contributed by atoms with E-state index in [2.05, 4.69) is 33.0 Å². The van der Waals surface area contributed by atoms with Crippen LogP contribution in [-0.2, 0) is 4.74 Å². The van der Waals surface area contributed by atoms with Crippen LogP contribution in [0, 0.1) is 11.8 Å². The van der Waals surface area contributed by atoms with Gasteiger partial charge >= 0.3 is 0 Å². The van der Waals surface area contributed by atoms with Crippen molar-refractivity contribution in [2.45, 2.75) is 59.4 Å².